The molecule has 0 fully saturated rings. The molecule has 2 heterocycles. The standard InChI is InChI=1S/C20H14ClN5O/c21-14-5-1-4-13(10-14)20(27)26-16-7-2-6-15(11-16)25-19-17-8-3-9-22-18(17)23-12-24-19/h1-12H,(H,26,27)(H,22,23,24,25). The molecule has 2 aromatic heterocycles. The van der Waals surface area contributed by atoms with Crippen molar-refractivity contribution in [2.45, 2.75) is 0 Å². The Morgan fingerprint density at radius 2 is 1.74 bits per heavy atom. The Bertz CT molecular complexity index is 1130. The number of rotatable bonds is 4. The molecule has 0 saturated heterocycles. The molecule has 0 unspecified atom stereocenters. The number of fused-ring (bicyclic) bond motifs is 1. The number of carbonyl (C=O) groups is 1. The quantitative estimate of drug-likeness (QED) is 0.541. The summed E-state index contributed by atoms with van der Waals surface area (Å²) in [6.45, 7) is 0. The summed E-state index contributed by atoms with van der Waals surface area (Å²) in [5.41, 5.74) is 2.54. The van der Waals surface area contributed by atoms with Crippen LogP contribution in [0.25, 0.3) is 11.0 Å². The maximum Gasteiger partial charge on any atom is 0.255 e. The second kappa shape index (κ2) is 7.39. The molecule has 0 spiro atoms. The summed E-state index contributed by atoms with van der Waals surface area (Å²) in [5, 5.41) is 7.44. The Hall–Kier alpha value is -3.51. The van der Waals surface area contributed by atoms with Crippen LogP contribution in [0.4, 0.5) is 17.2 Å². The van der Waals surface area contributed by atoms with Gasteiger partial charge in [0.25, 0.3) is 5.91 Å². The molecule has 7 heteroatoms. The van der Waals surface area contributed by atoms with Crippen molar-refractivity contribution in [1.29, 1.82) is 0 Å². The smallest absolute Gasteiger partial charge is 0.255 e. The van der Waals surface area contributed by atoms with Gasteiger partial charge in [-0.3, -0.25) is 4.79 Å². The highest BCUT2D eigenvalue weighted by molar-refractivity contribution is 6.31. The molecule has 0 aliphatic rings. The minimum Gasteiger partial charge on any atom is -0.340 e. The van der Waals surface area contributed by atoms with E-state index in [1.165, 1.54) is 6.33 Å². The Morgan fingerprint density at radius 1 is 0.889 bits per heavy atom. The molecule has 2 N–H and O–H groups in total. The highest BCUT2D eigenvalue weighted by Crippen LogP contribution is 2.24. The van der Waals surface area contributed by atoms with E-state index in [4.69, 9.17) is 11.6 Å². The number of hydrogen-bond donors (Lipinski definition) is 2. The maximum atomic E-state index is 12.4. The predicted molar refractivity (Wildman–Crippen MR) is 106 cm³/mol. The third-order valence-electron chi connectivity index (χ3n) is 3.88. The van der Waals surface area contributed by atoms with E-state index in [1.807, 2.05) is 36.4 Å². The highest BCUT2D eigenvalue weighted by atomic mass is 35.5. The molecule has 27 heavy (non-hydrogen) atoms. The summed E-state index contributed by atoms with van der Waals surface area (Å²) in [6, 6.07) is 17.9. The van der Waals surface area contributed by atoms with E-state index in [-0.39, 0.29) is 5.91 Å². The summed E-state index contributed by atoms with van der Waals surface area (Å²) in [5.74, 6) is 0.415. The molecule has 132 valence electrons. The minimum atomic E-state index is -0.230. The third-order valence-corrected chi connectivity index (χ3v) is 4.11. The van der Waals surface area contributed by atoms with E-state index in [0.717, 1.165) is 11.1 Å². The van der Waals surface area contributed by atoms with Crippen molar-refractivity contribution in [3.05, 3.63) is 83.8 Å². The Kier molecular flexibility index (Phi) is 4.63. The van der Waals surface area contributed by atoms with Crippen LogP contribution in [0.3, 0.4) is 0 Å². The first-order valence-electron chi connectivity index (χ1n) is 8.19. The van der Waals surface area contributed by atoms with Crippen molar-refractivity contribution >= 4 is 45.7 Å². The largest absolute Gasteiger partial charge is 0.340 e. The van der Waals surface area contributed by atoms with E-state index < -0.39 is 0 Å². The van der Waals surface area contributed by atoms with Crippen LogP contribution >= 0.6 is 11.6 Å². The normalized spacial score (nSPS) is 10.6. The van der Waals surface area contributed by atoms with E-state index in [0.29, 0.717) is 27.7 Å². The molecular formula is C20H14ClN5O. The van der Waals surface area contributed by atoms with Gasteiger partial charge in [0, 0.05) is 28.2 Å². The zero-order valence-corrected chi connectivity index (χ0v) is 14.8. The number of halogens is 1. The van der Waals surface area contributed by atoms with Crippen LogP contribution in [-0.4, -0.2) is 20.9 Å². The van der Waals surface area contributed by atoms with Gasteiger partial charge in [-0.15, -0.1) is 0 Å². The van der Waals surface area contributed by atoms with Gasteiger partial charge in [-0.05, 0) is 48.5 Å². The topological polar surface area (TPSA) is 79.8 Å². The molecular weight excluding hydrogens is 362 g/mol. The number of benzene rings is 2. The second-order valence-electron chi connectivity index (χ2n) is 5.77. The molecule has 0 bridgehead atoms. The van der Waals surface area contributed by atoms with Gasteiger partial charge in [-0.25, -0.2) is 15.0 Å². The average Bonchev–Trinajstić information content (AvgIpc) is 2.69. The zero-order chi connectivity index (χ0) is 18.6. The van der Waals surface area contributed by atoms with Crippen molar-refractivity contribution in [3.63, 3.8) is 0 Å². The van der Waals surface area contributed by atoms with E-state index in [9.17, 15) is 4.79 Å². The summed E-state index contributed by atoms with van der Waals surface area (Å²) in [4.78, 5) is 25.1. The molecule has 6 nitrogen and oxygen atoms in total. The van der Waals surface area contributed by atoms with Crippen LogP contribution in [0.5, 0.6) is 0 Å². The summed E-state index contributed by atoms with van der Waals surface area (Å²) < 4.78 is 0. The number of hydrogen-bond acceptors (Lipinski definition) is 5. The third kappa shape index (κ3) is 3.86. The van der Waals surface area contributed by atoms with Gasteiger partial charge in [-0.1, -0.05) is 23.7 Å². The van der Waals surface area contributed by atoms with E-state index >= 15 is 0 Å². The first kappa shape index (κ1) is 16.9. The molecule has 4 rings (SSSR count). The second-order valence-corrected chi connectivity index (χ2v) is 6.20. The first-order chi connectivity index (χ1) is 13.2. The van der Waals surface area contributed by atoms with Crippen LogP contribution in [0.15, 0.2) is 73.2 Å². The number of pyridine rings is 1. The Labute approximate surface area is 160 Å². The first-order valence-corrected chi connectivity index (χ1v) is 8.56. The van der Waals surface area contributed by atoms with Crippen LogP contribution < -0.4 is 10.6 Å². The van der Waals surface area contributed by atoms with Gasteiger partial charge in [0.05, 0.1) is 5.39 Å². The fourth-order valence-corrected chi connectivity index (χ4v) is 2.83. The molecule has 0 saturated carbocycles. The number of carbonyl (C=O) groups excluding carboxylic acids is 1. The van der Waals surface area contributed by atoms with Gasteiger partial charge < -0.3 is 10.6 Å². The molecule has 0 radical (unpaired) electrons. The zero-order valence-electron chi connectivity index (χ0n) is 14.1. The molecule has 0 atom stereocenters. The summed E-state index contributed by atoms with van der Waals surface area (Å²) >= 11 is 5.95. The Morgan fingerprint density at radius 3 is 2.63 bits per heavy atom. The fraction of sp³-hybridized carbons (Fsp3) is 0. The Balaban J connectivity index is 1.56. The molecule has 1 amide bonds. The summed E-state index contributed by atoms with van der Waals surface area (Å²) in [7, 11) is 0. The lowest BCUT2D eigenvalue weighted by Gasteiger charge is -2.10. The number of nitrogens with one attached hydrogen (secondary N) is 2. The van der Waals surface area contributed by atoms with Gasteiger partial charge in [0.2, 0.25) is 0 Å². The van der Waals surface area contributed by atoms with Crippen LogP contribution in [0, 0.1) is 0 Å². The van der Waals surface area contributed by atoms with Crippen molar-refractivity contribution < 1.29 is 4.79 Å². The van der Waals surface area contributed by atoms with Crippen molar-refractivity contribution in [2.75, 3.05) is 10.6 Å². The number of nitrogens with zero attached hydrogens (tertiary/aromatic N) is 3. The van der Waals surface area contributed by atoms with Crippen molar-refractivity contribution in [2.24, 2.45) is 0 Å². The average molecular weight is 376 g/mol. The van der Waals surface area contributed by atoms with E-state index in [2.05, 4.69) is 25.6 Å². The lowest BCUT2D eigenvalue weighted by molar-refractivity contribution is 0.102. The van der Waals surface area contributed by atoms with Gasteiger partial charge in [0.1, 0.15) is 12.1 Å². The number of aromatic nitrogens is 3. The minimum absolute atomic E-state index is 0.230. The van der Waals surface area contributed by atoms with Crippen LogP contribution in [0.1, 0.15) is 10.4 Å². The maximum absolute atomic E-state index is 12.4. The fourth-order valence-electron chi connectivity index (χ4n) is 2.64. The van der Waals surface area contributed by atoms with Crippen molar-refractivity contribution in [1.82, 2.24) is 15.0 Å². The van der Waals surface area contributed by atoms with Crippen LogP contribution in [-0.2, 0) is 0 Å². The van der Waals surface area contributed by atoms with Gasteiger partial charge in [-0.2, -0.15) is 0 Å². The number of anilines is 3. The lowest BCUT2D eigenvalue weighted by Crippen LogP contribution is -2.11. The van der Waals surface area contributed by atoms with E-state index in [1.54, 1.807) is 30.5 Å². The molecule has 0 aliphatic heterocycles. The lowest BCUT2D eigenvalue weighted by atomic mass is 10.2. The summed E-state index contributed by atoms with van der Waals surface area (Å²) in [6.07, 6.45) is 3.15. The van der Waals surface area contributed by atoms with Gasteiger partial charge >= 0.3 is 0 Å². The predicted octanol–water partition coefficient (Wildman–Crippen LogP) is 4.67. The molecule has 4 aromatic rings. The highest BCUT2D eigenvalue weighted by Gasteiger charge is 2.08. The molecule has 0 aliphatic carbocycles. The molecule has 2 aromatic carbocycles. The van der Waals surface area contributed by atoms with Crippen LogP contribution in [0.2, 0.25) is 5.02 Å². The van der Waals surface area contributed by atoms with Gasteiger partial charge in [0.15, 0.2) is 5.65 Å². The number of amides is 1. The SMILES string of the molecule is O=C(Nc1cccc(Nc2ncnc3ncccc23)c1)c1cccc(Cl)c1. The monoisotopic (exact) mass is 375 g/mol. The van der Waals surface area contributed by atoms with Crippen molar-refractivity contribution in [3.8, 4) is 0 Å².